The first kappa shape index (κ1) is 14.4. The first-order valence-electron chi connectivity index (χ1n) is 7.60. The molecule has 0 aromatic heterocycles. The zero-order valence-corrected chi connectivity index (χ0v) is 12.1. The van der Waals surface area contributed by atoms with Crippen LogP contribution >= 0.6 is 0 Å². The van der Waals surface area contributed by atoms with E-state index in [0.29, 0.717) is 0 Å². The highest BCUT2D eigenvalue weighted by atomic mass is 16.5. The Morgan fingerprint density at radius 1 is 1.16 bits per heavy atom. The van der Waals surface area contributed by atoms with Gasteiger partial charge >= 0.3 is 0 Å². The third-order valence-electron chi connectivity index (χ3n) is 3.96. The minimum Gasteiger partial charge on any atom is -0.491 e. The number of aliphatic hydroxyl groups is 1. The van der Waals surface area contributed by atoms with Gasteiger partial charge in [0, 0.05) is 0 Å². The maximum absolute atomic E-state index is 10.2. The molecule has 19 heavy (non-hydrogen) atoms. The molecule has 0 amide bonds. The zero-order chi connectivity index (χ0) is 13.7. The Labute approximate surface area is 116 Å². The molecule has 0 radical (unpaired) electrons. The maximum Gasteiger partial charge on any atom is 0.119 e. The maximum atomic E-state index is 10.2. The second kappa shape index (κ2) is 6.95. The van der Waals surface area contributed by atoms with Crippen LogP contribution in [0.4, 0.5) is 0 Å². The highest BCUT2D eigenvalue weighted by molar-refractivity contribution is 5.28. The molecular weight excluding hydrogens is 236 g/mol. The largest absolute Gasteiger partial charge is 0.491 e. The van der Waals surface area contributed by atoms with Gasteiger partial charge in [0.15, 0.2) is 0 Å². The molecule has 106 valence electrons. The third-order valence-corrected chi connectivity index (χ3v) is 3.96. The average Bonchev–Trinajstić information content (AvgIpc) is 2.89. The van der Waals surface area contributed by atoms with Crippen molar-refractivity contribution in [3.8, 4) is 5.75 Å². The highest BCUT2D eigenvalue weighted by Gasteiger charge is 2.17. The molecule has 0 spiro atoms. The Balaban J connectivity index is 1.82. The first-order valence-corrected chi connectivity index (χ1v) is 7.60. The van der Waals surface area contributed by atoms with Crippen molar-refractivity contribution < 1.29 is 9.84 Å². The number of hydrogen-bond donors (Lipinski definition) is 1. The van der Waals surface area contributed by atoms with Crippen LogP contribution in [-0.4, -0.2) is 11.2 Å². The van der Waals surface area contributed by atoms with Crippen molar-refractivity contribution in [2.75, 3.05) is 0 Å². The quantitative estimate of drug-likeness (QED) is 0.819. The molecule has 0 heterocycles. The molecule has 0 aliphatic heterocycles. The second-order valence-corrected chi connectivity index (χ2v) is 5.98. The lowest BCUT2D eigenvalue weighted by atomic mass is 9.96. The first-order chi connectivity index (χ1) is 9.15. The number of rotatable bonds is 6. The molecule has 1 saturated carbocycles. The van der Waals surface area contributed by atoms with Gasteiger partial charge < -0.3 is 9.84 Å². The van der Waals surface area contributed by atoms with Crippen LogP contribution in [0.3, 0.4) is 0 Å². The summed E-state index contributed by atoms with van der Waals surface area (Å²) in [6.07, 6.45) is 7.37. The van der Waals surface area contributed by atoms with Gasteiger partial charge in [-0.15, -0.1) is 0 Å². The van der Waals surface area contributed by atoms with Crippen molar-refractivity contribution >= 4 is 0 Å². The predicted octanol–water partition coefficient (Wildman–Crippen LogP) is 4.48. The standard InChI is InChI=1S/C17H26O2/c1-13(2)19-16-10-8-15(9-11-16)17(18)12-7-14-5-3-4-6-14/h8-11,13-14,17-18H,3-7,12H2,1-2H3. The van der Waals surface area contributed by atoms with E-state index in [1.165, 1.54) is 25.7 Å². The van der Waals surface area contributed by atoms with Crippen LogP contribution < -0.4 is 4.74 Å². The topological polar surface area (TPSA) is 29.5 Å². The molecule has 1 unspecified atom stereocenters. The highest BCUT2D eigenvalue weighted by Crippen LogP contribution is 2.31. The van der Waals surface area contributed by atoms with Crippen LogP contribution in [0.15, 0.2) is 24.3 Å². The Bertz CT molecular complexity index is 363. The molecular formula is C17H26O2. The van der Waals surface area contributed by atoms with Crippen molar-refractivity contribution in [2.45, 2.75) is 64.6 Å². The summed E-state index contributed by atoms with van der Waals surface area (Å²) in [4.78, 5) is 0. The van der Waals surface area contributed by atoms with Crippen molar-refractivity contribution in [2.24, 2.45) is 5.92 Å². The number of benzene rings is 1. The summed E-state index contributed by atoms with van der Waals surface area (Å²) in [5.74, 6) is 1.72. The van der Waals surface area contributed by atoms with Crippen molar-refractivity contribution in [1.29, 1.82) is 0 Å². The molecule has 2 rings (SSSR count). The average molecular weight is 262 g/mol. The van der Waals surface area contributed by atoms with Gasteiger partial charge in [-0.25, -0.2) is 0 Å². The van der Waals surface area contributed by atoms with Crippen LogP contribution in [0.2, 0.25) is 0 Å². The summed E-state index contributed by atoms with van der Waals surface area (Å²) < 4.78 is 5.61. The fourth-order valence-electron chi connectivity index (χ4n) is 2.90. The monoisotopic (exact) mass is 262 g/mol. The second-order valence-electron chi connectivity index (χ2n) is 5.98. The normalized spacial score (nSPS) is 17.9. The zero-order valence-electron chi connectivity index (χ0n) is 12.1. The van der Waals surface area contributed by atoms with Crippen LogP contribution in [0.1, 0.15) is 64.0 Å². The lowest BCUT2D eigenvalue weighted by Gasteiger charge is -2.15. The summed E-state index contributed by atoms with van der Waals surface area (Å²) in [7, 11) is 0. The Hall–Kier alpha value is -1.02. The number of aliphatic hydroxyl groups excluding tert-OH is 1. The van der Waals surface area contributed by atoms with Crippen molar-refractivity contribution in [1.82, 2.24) is 0 Å². The summed E-state index contributed by atoms with van der Waals surface area (Å²) in [5, 5.41) is 10.2. The molecule has 1 aromatic rings. The van der Waals surface area contributed by atoms with E-state index >= 15 is 0 Å². The van der Waals surface area contributed by atoms with Gasteiger partial charge in [0.1, 0.15) is 5.75 Å². The molecule has 1 aromatic carbocycles. The van der Waals surface area contributed by atoms with Crippen LogP contribution in [0.25, 0.3) is 0 Å². The van der Waals surface area contributed by atoms with Gasteiger partial charge in [-0.3, -0.25) is 0 Å². The van der Waals surface area contributed by atoms with Gasteiger partial charge in [-0.1, -0.05) is 37.8 Å². The Kier molecular flexibility index (Phi) is 5.26. The predicted molar refractivity (Wildman–Crippen MR) is 78.4 cm³/mol. The lowest BCUT2D eigenvalue weighted by Crippen LogP contribution is -2.06. The van der Waals surface area contributed by atoms with Crippen LogP contribution in [0.5, 0.6) is 5.75 Å². The van der Waals surface area contributed by atoms with E-state index in [9.17, 15) is 5.11 Å². The molecule has 1 atom stereocenters. The van der Waals surface area contributed by atoms with E-state index in [-0.39, 0.29) is 12.2 Å². The van der Waals surface area contributed by atoms with E-state index in [1.807, 2.05) is 38.1 Å². The van der Waals surface area contributed by atoms with E-state index < -0.39 is 0 Å². The summed E-state index contributed by atoms with van der Waals surface area (Å²) >= 11 is 0. The SMILES string of the molecule is CC(C)Oc1ccc(C(O)CCC2CCCC2)cc1. The molecule has 2 nitrogen and oxygen atoms in total. The number of hydrogen-bond acceptors (Lipinski definition) is 2. The summed E-state index contributed by atoms with van der Waals surface area (Å²) in [6, 6.07) is 7.87. The molecule has 0 saturated heterocycles. The van der Waals surface area contributed by atoms with Crippen LogP contribution in [0, 0.1) is 5.92 Å². The molecule has 1 N–H and O–H groups in total. The minimum absolute atomic E-state index is 0.193. The molecule has 0 bridgehead atoms. The molecule has 1 aliphatic rings. The third kappa shape index (κ3) is 4.54. The van der Waals surface area contributed by atoms with Gasteiger partial charge in [-0.05, 0) is 50.3 Å². The molecule has 2 heteroatoms. The molecule has 1 aliphatic carbocycles. The summed E-state index contributed by atoms with van der Waals surface area (Å²) in [6.45, 7) is 4.04. The lowest BCUT2D eigenvalue weighted by molar-refractivity contribution is 0.157. The van der Waals surface area contributed by atoms with E-state index in [1.54, 1.807) is 0 Å². The van der Waals surface area contributed by atoms with Crippen molar-refractivity contribution in [3.63, 3.8) is 0 Å². The minimum atomic E-state index is -0.325. The fourth-order valence-corrected chi connectivity index (χ4v) is 2.90. The van der Waals surface area contributed by atoms with Gasteiger partial charge in [0.25, 0.3) is 0 Å². The van der Waals surface area contributed by atoms with E-state index in [4.69, 9.17) is 4.74 Å². The fraction of sp³-hybridized carbons (Fsp3) is 0.647. The van der Waals surface area contributed by atoms with Gasteiger partial charge in [-0.2, -0.15) is 0 Å². The van der Waals surface area contributed by atoms with Gasteiger partial charge in [0.2, 0.25) is 0 Å². The Morgan fingerprint density at radius 2 is 1.79 bits per heavy atom. The van der Waals surface area contributed by atoms with Crippen molar-refractivity contribution in [3.05, 3.63) is 29.8 Å². The summed E-state index contributed by atoms with van der Waals surface area (Å²) in [5.41, 5.74) is 1.01. The Morgan fingerprint density at radius 3 is 2.37 bits per heavy atom. The number of ether oxygens (including phenoxy) is 1. The van der Waals surface area contributed by atoms with Crippen LogP contribution in [-0.2, 0) is 0 Å². The smallest absolute Gasteiger partial charge is 0.119 e. The van der Waals surface area contributed by atoms with E-state index in [2.05, 4.69) is 0 Å². The van der Waals surface area contributed by atoms with E-state index in [0.717, 1.165) is 30.1 Å². The van der Waals surface area contributed by atoms with Gasteiger partial charge in [0.05, 0.1) is 12.2 Å². The molecule has 1 fully saturated rings.